The van der Waals surface area contributed by atoms with E-state index < -0.39 is 0 Å². The first-order chi connectivity index (χ1) is 13.7. The van der Waals surface area contributed by atoms with E-state index in [1.807, 2.05) is 53.4 Å². The molecular weight excluding hydrogens is 350 g/mol. The molecule has 0 unspecified atom stereocenters. The Labute approximate surface area is 164 Å². The minimum absolute atomic E-state index is 0.0695. The lowest BCUT2D eigenvalue weighted by Gasteiger charge is -2.18. The van der Waals surface area contributed by atoms with Crippen LogP contribution in [0.2, 0.25) is 0 Å². The maximum Gasteiger partial charge on any atom is 0.254 e. The zero-order chi connectivity index (χ0) is 19.1. The molecule has 2 aromatic carbocycles. The zero-order valence-corrected chi connectivity index (χ0v) is 15.9. The third kappa shape index (κ3) is 3.02. The molecule has 0 bridgehead atoms. The molecule has 2 atom stereocenters. The van der Waals surface area contributed by atoms with Gasteiger partial charge in [0.05, 0.1) is 11.8 Å². The van der Waals surface area contributed by atoms with Crippen molar-refractivity contribution in [1.29, 1.82) is 0 Å². The van der Waals surface area contributed by atoms with Gasteiger partial charge in [-0.15, -0.1) is 0 Å². The van der Waals surface area contributed by atoms with Gasteiger partial charge in [0.2, 0.25) is 5.89 Å². The highest BCUT2D eigenvalue weighted by Crippen LogP contribution is 2.32. The molecule has 2 saturated heterocycles. The number of aryl methyl sites for hydroxylation is 1. The van der Waals surface area contributed by atoms with Crippen molar-refractivity contribution < 1.29 is 9.21 Å². The van der Waals surface area contributed by atoms with Gasteiger partial charge in [0.15, 0.2) is 5.76 Å². The number of carbonyl (C=O) groups excluding carboxylic acids is 1. The number of hydrogen-bond acceptors (Lipinski definition) is 4. The molecule has 142 valence electrons. The Morgan fingerprint density at radius 3 is 2.54 bits per heavy atom. The maximum absolute atomic E-state index is 13.2. The predicted octanol–water partition coefficient (Wildman–Crippen LogP) is 3.61. The Kier molecular flexibility index (Phi) is 4.24. The highest BCUT2D eigenvalue weighted by molar-refractivity contribution is 6.00. The molecule has 28 heavy (non-hydrogen) atoms. The van der Waals surface area contributed by atoms with Crippen LogP contribution in [-0.2, 0) is 0 Å². The summed E-state index contributed by atoms with van der Waals surface area (Å²) in [6.45, 7) is 5.72. The second kappa shape index (κ2) is 6.91. The fourth-order valence-corrected chi connectivity index (χ4v) is 4.30. The van der Waals surface area contributed by atoms with Crippen LogP contribution < -0.4 is 5.32 Å². The number of carbonyl (C=O) groups is 1. The van der Waals surface area contributed by atoms with Crippen molar-refractivity contribution in [2.75, 3.05) is 26.2 Å². The smallest absolute Gasteiger partial charge is 0.254 e. The number of likely N-dealkylation sites (tertiary alicyclic amines) is 1. The topological polar surface area (TPSA) is 58.4 Å². The van der Waals surface area contributed by atoms with Gasteiger partial charge >= 0.3 is 0 Å². The van der Waals surface area contributed by atoms with Crippen molar-refractivity contribution >= 4 is 5.91 Å². The first kappa shape index (κ1) is 17.2. The number of nitrogens with one attached hydrogen (secondary N) is 1. The van der Waals surface area contributed by atoms with E-state index in [0.717, 1.165) is 37.3 Å². The molecule has 0 saturated carbocycles. The molecular formula is C23H23N3O2. The van der Waals surface area contributed by atoms with Crippen molar-refractivity contribution in [2.24, 2.45) is 11.8 Å². The van der Waals surface area contributed by atoms with Crippen LogP contribution in [-0.4, -0.2) is 42.0 Å². The second-order valence-corrected chi connectivity index (χ2v) is 7.83. The zero-order valence-electron chi connectivity index (χ0n) is 15.9. The van der Waals surface area contributed by atoms with E-state index in [1.165, 1.54) is 5.56 Å². The van der Waals surface area contributed by atoms with Crippen LogP contribution in [0.15, 0.2) is 59.1 Å². The van der Waals surface area contributed by atoms with E-state index in [2.05, 4.69) is 17.2 Å². The molecule has 1 amide bonds. The summed E-state index contributed by atoms with van der Waals surface area (Å²) in [5.74, 6) is 2.41. The number of rotatable bonds is 3. The van der Waals surface area contributed by atoms with Crippen LogP contribution >= 0.6 is 0 Å². The first-order valence-electron chi connectivity index (χ1n) is 9.81. The molecule has 5 heteroatoms. The van der Waals surface area contributed by atoms with Crippen molar-refractivity contribution in [3.63, 3.8) is 0 Å². The Morgan fingerprint density at radius 1 is 1.07 bits per heavy atom. The standard InChI is InChI=1S/C23H23N3O2/c1-15-6-8-16(9-7-15)21-12-25-22(28-21)19-4-2-3-5-20(19)23(27)26-13-17-10-24-11-18(17)14-26/h2-9,12,17-18,24H,10-11,13-14H2,1H3/t17-,18+. The van der Waals surface area contributed by atoms with Gasteiger partial charge in [-0.05, 0) is 30.9 Å². The monoisotopic (exact) mass is 373 g/mol. The largest absolute Gasteiger partial charge is 0.436 e. The number of hydrogen-bond donors (Lipinski definition) is 1. The highest BCUT2D eigenvalue weighted by Gasteiger charge is 2.38. The summed E-state index contributed by atoms with van der Waals surface area (Å²) in [5, 5.41) is 3.42. The van der Waals surface area contributed by atoms with Crippen molar-refractivity contribution in [3.8, 4) is 22.8 Å². The Balaban J connectivity index is 1.44. The molecule has 0 radical (unpaired) electrons. The minimum Gasteiger partial charge on any atom is -0.436 e. The molecule has 5 nitrogen and oxygen atoms in total. The average Bonchev–Trinajstić information content (AvgIpc) is 3.44. The van der Waals surface area contributed by atoms with E-state index in [-0.39, 0.29) is 5.91 Å². The van der Waals surface area contributed by atoms with Crippen LogP contribution in [0.1, 0.15) is 15.9 Å². The van der Waals surface area contributed by atoms with E-state index in [9.17, 15) is 4.79 Å². The van der Waals surface area contributed by atoms with Crippen LogP contribution in [0.5, 0.6) is 0 Å². The lowest BCUT2D eigenvalue weighted by atomic mass is 10.0. The Hall–Kier alpha value is -2.92. The van der Waals surface area contributed by atoms with Crippen molar-refractivity contribution in [2.45, 2.75) is 6.92 Å². The highest BCUT2D eigenvalue weighted by atomic mass is 16.4. The number of amides is 1. The Bertz CT molecular complexity index is 997. The summed E-state index contributed by atoms with van der Waals surface area (Å²) in [5.41, 5.74) is 3.59. The predicted molar refractivity (Wildman–Crippen MR) is 108 cm³/mol. The van der Waals surface area contributed by atoms with Crippen LogP contribution in [0, 0.1) is 18.8 Å². The summed E-state index contributed by atoms with van der Waals surface area (Å²) in [4.78, 5) is 19.7. The van der Waals surface area contributed by atoms with E-state index in [4.69, 9.17) is 4.42 Å². The number of fused-ring (bicyclic) bond motifs is 1. The van der Waals surface area contributed by atoms with Crippen LogP contribution in [0.25, 0.3) is 22.8 Å². The van der Waals surface area contributed by atoms with Gasteiger partial charge in [0.25, 0.3) is 5.91 Å². The minimum atomic E-state index is 0.0695. The quantitative estimate of drug-likeness (QED) is 0.762. The molecule has 0 aliphatic carbocycles. The van der Waals surface area contributed by atoms with Gasteiger partial charge < -0.3 is 14.6 Å². The third-order valence-electron chi connectivity index (χ3n) is 5.91. The number of nitrogens with zero attached hydrogens (tertiary/aromatic N) is 2. The summed E-state index contributed by atoms with van der Waals surface area (Å²) in [6, 6.07) is 15.8. The van der Waals surface area contributed by atoms with Gasteiger partial charge in [0, 0.05) is 37.3 Å². The van der Waals surface area contributed by atoms with Crippen molar-refractivity contribution in [3.05, 3.63) is 65.9 Å². The maximum atomic E-state index is 13.2. The summed E-state index contributed by atoms with van der Waals surface area (Å²) in [6.07, 6.45) is 1.73. The molecule has 1 N–H and O–H groups in total. The SMILES string of the molecule is Cc1ccc(-c2cnc(-c3ccccc3C(=O)N3C[C@H]4CNC[C@H]4C3)o2)cc1. The van der Waals surface area contributed by atoms with E-state index in [0.29, 0.717) is 29.1 Å². The third-order valence-corrected chi connectivity index (χ3v) is 5.91. The van der Waals surface area contributed by atoms with E-state index in [1.54, 1.807) is 6.20 Å². The summed E-state index contributed by atoms with van der Waals surface area (Å²) in [7, 11) is 0. The van der Waals surface area contributed by atoms with Crippen molar-refractivity contribution in [1.82, 2.24) is 15.2 Å². The molecule has 2 fully saturated rings. The van der Waals surface area contributed by atoms with Gasteiger partial charge in [-0.1, -0.05) is 42.0 Å². The number of oxazole rings is 1. The molecule has 0 spiro atoms. The van der Waals surface area contributed by atoms with Gasteiger partial charge in [0.1, 0.15) is 0 Å². The fraction of sp³-hybridized carbons (Fsp3) is 0.304. The van der Waals surface area contributed by atoms with Gasteiger partial charge in [-0.3, -0.25) is 4.79 Å². The lowest BCUT2D eigenvalue weighted by Crippen LogP contribution is -2.32. The summed E-state index contributed by atoms with van der Waals surface area (Å²) < 4.78 is 6.03. The first-order valence-corrected chi connectivity index (χ1v) is 9.81. The molecule has 2 aliphatic rings. The number of aromatic nitrogens is 1. The van der Waals surface area contributed by atoms with Crippen LogP contribution in [0.4, 0.5) is 0 Å². The van der Waals surface area contributed by atoms with Gasteiger partial charge in [-0.25, -0.2) is 4.98 Å². The lowest BCUT2D eigenvalue weighted by molar-refractivity contribution is 0.0782. The van der Waals surface area contributed by atoms with E-state index >= 15 is 0 Å². The Morgan fingerprint density at radius 2 is 1.79 bits per heavy atom. The molecule has 5 rings (SSSR count). The summed E-state index contributed by atoms with van der Waals surface area (Å²) >= 11 is 0. The normalized spacial score (nSPS) is 21.1. The molecule has 1 aromatic heterocycles. The number of benzene rings is 2. The molecule has 3 heterocycles. The van der Waals surface area contributed by atoms with Crippen LogP contribution in [0.3, 0.4) is 0 Å². The van der Waals surface area contributed by atoms with Gasteiger partial charge in [-0.2, -0.15) is 0 Å². The average molecular weight is 373 g/mol. The molecule has 2 aliphatic heterocycles. The molecule has 3 aromatic rings. The second-order valence-electron chi connectivity index (χ2n) is 7.83. The fourth-order valence-electron chi connectivity index (χ4n) is 4.30.